The first-order valence-corrected chi connectivity index (χ1v) is 7.81. The zero-order valence-corrected chi connectivity index (χ0v) is 14.1. The summed E-state index contributed by atoms with van der Waals surface area (Å²) in [7, 11) is 1.50. The lowest BCUT2D eigenvalue weighted by molar-refractivity contribution is -0.156. The lowest BCUT2D eigenvalue weighted by Crippen LogP contribution is -2.43. The standard InChI is InChI=1S/C17H21ClO5/c1-16(10-23-11-22-2)7-8-17(14(16)19,15(20)21)9-12-3-5-13(18)6-4-12/h3-6H,7-11H2,1-2H3,(H,20,21). The van der Waals surface area contributed by atoms with E-state index in [1.807, 2.05) is 0 Å². The van der Waals surface area contributed by atoms with E-state index in [1.165, 1.54) is 7.11 Å². The summed E-state index contributed by atoms with van der Waals surface area (Å²) >= 11 is 5.86. The number of hydrogen-bond acceptors (Lipinski definition) is 4. The third kappa shape index (κ3) is 3.57. The molecule has 1 aromatic rings. The van der Waals surface area contributed by atoms with Gasteiger partial charge in [0, 0.05) is 12.1 Å². The number of methoxy groups -OCH3 is 1. The molecule has 0 radical (unpaired) electrons. The Morgan fingerprint density at radius 1 is 1.30 bits per heavy atom. The Balaban J connectivity index is 2.23. The zero-order valence-electron chi connectivity index (χ0n) is 13.3. The summed E-state index contributed by atoms with van der Waals surface area (Å²) in [5.74, 6) is -1.35. The van der Waals surface area contributed by atoms with Crippen molar-refractivity contribution in [1.29, 1.82) is 0 Å². The van der Waals surface area contributed by atoms with Crippen LogP contribution in [0.15, 0.2) is 24.3 Å². The van der Waals surface area contributed by atoms with Crippen LogP contribution < -0.4 is 0 Å². The van der Waals surface area contributed by atoms with E-state index in [-0.39, 0.29) is 25.6 Å². The van der Waals surface area contributed by atoms with Gasteiger partial charge in [-0.15, -0.1) is 0 Å². The Labute approximate surface area is 140 Å². The van der Waals surface area contributed by atoms with E-state index in [9.17, 15) is 14.7 Å². The summed E-state index contributed by atoms with van der Waals surface area (Å²) < 4.78 is 10.2. The van der Waals surface area contributed by atoms with Crippen molar-refractivity contribution in [3.63, 3.8) is 0 Å². The zero-order chi connectivity index (χ0) is 17.1. The molecule has 1 N–H and O–H groups in total. The van der Waals surface area contributed by atoms with Gasteiger partial charge in [-0.2, -0.15) is 0 Å². The van der Waals surface area contributed by atoms with Crippen LogP contribution >= 0.6 is 11.6 Å². The number of carboxylic acid groups (broad SMARTS) is 1. The number of Topliss-reactive ketones (excluding diaryl/α,β-unsaturated/α-hetero) is 1. The number of rotatable bonds is 7. The highest BCUT2D eigenvalue weighted by Gasteiger charge is 2.58. The second-order valence-electron chi connectivity index (χ2n) is 6.34. The summed E-state index contributed by atoms with van der Waals surface area (Å²) in [5, 5.41) is 10.3. The third-order valence-electron chi connectivity index (χ3n) is 4.54. The summed E-state index contributed by atoms with van der Waals surface area (Å²) in [6.45, 7) is 2.01. The van der Waals surface area contributed by atoms with Crippen LogP contribution in [0.2, 0.25) is 5.02 Å². The number of halogens is 1. The van der Waals surface area contributed by atoms with Gasteiger partial charge in [0.25, 0.3) is 0 Å². The maximum atomic E-state index is 12.9. The van der Waals surface area contributed by atoms with Gasteiger partial charge in [-0.05, 0) is 37.0 Å². The van der Waals surface area contributed by atoms with Crippen LogP contribution in [0, 0.1) is 10.8 Å². The molecule has 2 rings (SSSR count). The molecule has 1 aliphatic rings. The van der Waals surface area contributed by atoms with Crippen LogP contribution in [0.1, 0.15) is 25.3 Å². The maximum absolute atomic E-state index is 12.9. The van der Waals surface area contributed by atoms with E-state index in [0.717, 1.165) is 5.56 Å². The molecule has 1 saturated carbocycles. The van der Waals surface area contributed by atoms with E-state index in [4.69, 9.17) is 21.1 Å². The minimum absolute atomic E-state index is 0.0835. The van der Waals surface area contributed by atoms with Crippen molar-refractivity contribution in [2.75, 3.05) is 20.5 Å². The van der Waals surface area contributed by atoms with E-state index in [0.29, 0.717) is 17.9 Å². The number of aliphatic carboxylic acids is 1. The lowest BCUT2D eigenvalue weighted by Gasteiger charge is -2.27. The minimum Gasteiger partial charge on any atom is -0.480 e. The number of ether oxygens (including phenoxy) is 2. The van der Waals surface area contributed by atoms with Crippen molar-refractivity contribution < 1.29 is 24.2 Å². The van der Waals surface area contributed by atoms with Gasteiger partial charge in [-0.25, -0.2) is 0 Å². The lowest BCUT2D eigenvalue weighted by atomic mass is 9.75. The van der Waals surface area contributed by atoms with Crippen LogP contribution in [-0.2, 0) is 25.5 Å². The van der Waals surface area contributed by atoms with Gasteiger partial charge in [-0.3, -0.25) is 9.59 Å². The van der Waals surface area contributed by atoms with Gasteiger partial charge in [0.1, 0.15) is 12.2 Å². The second kappa shape index (κ2) is 6.99. The number of carbonyl (C=O) groups is 2. The highest BCUT2D eigenvalue weighted by atomic mass is 35.5. The molecule has 1 aromatic carbocycles. The van der Waals surface area contributed by atoms with E-state index in [1.54, 1.807) is 31.2 Å². The average Bonchev–Trinajstić information content (AvgIpc) is 2.76. The highest BCUT2D eigenvalue weighted by molar-refractivity contribution is 6.30. The highest BCUT2D eigenvalue weighted by Crippen LogP contribution is 2.48. The molecule has 1 aliphatic carbocycles. The molecule has 0 aliphatic heterocycles. The van der Waals surface area contributed by atoms with Crippen molar-refractivity contribution >= 4 is 23.4 Å². The van der Waals surface area contributed by atoms with E-state index >= 15 is 0 Å². The number of carboxylic acids is 1. The number of benzene rings is 1. The third-order valence-corrected chi connectivity index (χ3v) is 4.79. The van der Waals surface area contributed by atoms with Crippen LogP contribution in [0.25, 0.3) is 0 Å². The van der Waals surface area contributed by atoms with Crippen molar-refractivity contribution in [3.05, 3.63) is 34.9 Å². The Kier molecular flexibility index (Phi) is 5.45. The molecule has 126 valence electrons. The topological polar surface area (TPSA) is 72.8 Å². The monoisotopic (exact) mass is 340 g/mol. The fraction of sp³-hybridized carbons (Fsp3) is 0.529. The van der Waals surface area contributed by atoms with Gasteiger partial charge in [0.2, 0.25) is 0 Å². The van der Waals surface area contributed by atoms with Gasteiger partial charge in [-0.1, -0.05) is 30.7 Å². The first-order valence-electron chi connectivity index (χ1n) is 7.43. The SMILES string of the molecule is COCOCC1(C)CCC(Cc2ccc(Cl)cc2)(C(=O)O)C1=O. The Morgan fingerprint density at radius 3 is 2.52 bits per heavy atom. The van der Waals surface area contributed by atoms with Crippen LogP contribution in [0.3, 0.4) is 0 Å². The summed E-state index contributed by atoms with van der Waals surface area (Å²) in [5.41, 5.74) is -1.42. The molecule has 2 unspecified atom stereocenters. The van der Waals surface area contributed by atoms with Gasteiger partial charge < -0.3 is 14.6 Å². The fourth-order valence-electron chi connectivity index (χ4n) is 3.18. The number of hydrogen-bond donors (Lipinski definition) is 1. The summed E-state index contributed by atoms with van der Waals surface area (Å²) in [4.78, 5) is 24.8. The minimum atomic E-state index is -1.40. The number of carbonyl (C=O) groups excluding carboxylic acids is 1. The normalized spacial score (nSPS) is 27.3. The molecule has 0 amide bonds. The second-order valence-corrected chi connectivity index (χ2v) is 6.77. The Morgan fingerprint density at radius 2 is 1.96 bits per heavy atom. The maximum Gasteiger partial charge on any atom is 0.317 e. The molecule has 0 aromatic heterocycles. The van der Waals surface area contributed by atoms with Crippen molar-refractivity contribution in [1.82, 2.24) is 0 Å². The van der Waals surface area contributed by atoms with E-state index < -0.39 is 16.8 Å². The number of ketones is 1. The average molecular weight is 341 g/mol. The molecule has 0 heterocycles. The summed E-state index contributed by atoms with van der Waals surface area (Å²) in [6, 6.07) is 6.92. The van der Waals surface area contributed by atoms with Gasteiger partial charge in [0.15, 0.2) is 5.78 Å². The molecular formula is C17H21ClO5. The molecule has 0 saturated heterocycles. The Bertz CT molecular complexity index is 585. The molecule has 0 bridgehead atoms. The predicted molar refractivity (Wildman–Crippen MR) is 85.4 cm³/mol. The van der Waals surface area contributed by atoms with Crippen molar-refractivity contribution in [2.45, 2.75) is 26.2 Å². The van der Waals surface area contributed by atoms with Crippen molar-refractivity contribution in [2.24, 2.45) is 10.8 Å². The molecule has 5 nitrogen and oxygen atoms in total. The van der Waals surface area contributed by atoms with E-state index in [2.05, 4.69) is 0 Å². The van der Waals surface area contributed by atoms with Gasteiger partial charge in [0.05, 0.1) is 12.0 Å². The molecule has 1 fully saturated rings. The fourth-order valence-corrected chi connectivity index (χ4v) is 3.31. The molecular weight excluding hydrogens is 320 g/mol. The quantitative estimate of drug-likeness (QED) is 0.469. The van der Waals surface area contributed by atoms with Crippen molar-refractivity contribution in [3.8, 4) is 0 Å². The van der Waals surface area contributed by atoms with Crippen LogP contribution in [-0.4, -0.2) is 37.4 Å². The van der Waals surface area contributed by atoms with Crippen LogP contribution in [0.4, 0.5) is 0 Å². The van der Waals surface area contributed by atoms with Crippen LogP contribution in [0.5, 0.6) is 0 Å². The molecule has 23 heavy (non-hydrogen) atoms. The largest absolute Gasteiger partial charge is 0.480 e. The van der Waals surface area contributed by atoms with Gasteiger partial charge >= 0.3 is 5.97 Å². The first-order chi connectivity index (χ1) is 10.8. The molecule has 6 heteroatoms. The summed E-state index contributed by atoms with van der Waals surface area (Å²) in [6.07, 6.45) is 0.949. The smallest absolute Gasteiger partial charge is 0.317 e. The first kappa shape index (κ1) is 17.9. The Hall–Kier alpha value is -1.43. The predicted octanol–water partition coefficient (Wildman–Crippen LogP) is 2.94. The molecule has 0 spiro atoms. The molecule has 2 atom stereocenters.